The smallest absolute Gasteiger partial charge is 0.315 e. The Kier molecular flexibility index (Phi) is 8.47. The molecule has 0 aliphatic carbocycles. The van der Waals surface area contributed by atoms with Crippen molar-refractivity contribution in [2.24, 2.45) is 5.92 Å². The first kappa shape index (κ1) is 22.8. The number of benzene rings is 2. The molecule has 0 bridgehead atoms. The molecule has 0 aromatic heterocycles. The maximum Gasteiger partial charge on any atom is 0.315 e. The summed E-state index contributed by atoms with van der Waals surface area (Å²) in [6.45, 7) is 6.92. The molecule has 1 fully saturated rings. The zero-order valence-electron chi connectivity index (χ0n) is 18.5. The number of hydrogen-bond acceptors (Lipinski definition) is 3. The molecule has 2 unspecified atom stereocenters. The molecular formula is C25H34N4O2. The van der Waals surface area contributed by atoms with Crippen LogP contribution >= 0.6 is 0 Å². The molecule has 3 N–H and O–H groups in total. The number of nitrogens with zero attached hydrogens (tertiary/aromatic N) is 1. The predicted octanol–water partition coefficient (Wildman–Crippen LogP) is 3.46. The van der Waals surface area contributed by atoms with Crippen molar-refractivity contribution in [3.8, 4) is 0 Å². The second kappa shape index (κ2) is 11.5. The molecule has 0 spiro atoms. The number of carbonyl (C=O) groups is 2. The van der Waals surface area contributed by atoms with Gasteiger partial charge in [-0.25, -0.2) is 4.79 Å². The van der Waals surface area contributed by atoms with E-state index in [4.69, 9.17) is 0 Å². The molecule has 1 heterocycles. The van der Waals surface area contributed by atoms with E-state index >= 15 is 0 Å². The minimum atomic E-state index is -0.592. The normalized spacial score (nSPS) is 16.0. The van der Waals surface area contributed by atoms with E-state index in [9.17, 15) is 9.59 Å². The van der Waals surface area contributed by atoms with E-state index in [1.165, 1.54) is 18.4 Å². The molecule has 1 aliphatic rings. The van der Waals surface area contributed by atoms with E-state index < -0.39 is 6.04 Å². The third-order valence-corrected chi connectivity index (χ3v) is 5.77. The molecule has 166 valence electrons. The van der Waals surface area contributed by atoms with Gasteiger partial charge in [-0.3, -0.25) is 9.69 Å². The van der Waals surface area contributed by atoms with Crippen LogP contribution in [0.2, 0.25) is 0 Å². The SMILES string of the molecule is CC(C)C(NC(=O)NCc1ccccc1)C(=O)NCC(c1ccccc1)N1CCCC1. The number of likely N-dealkylation sites (tertiary alicyclic amines) is 1. The largest absolute Gasteiger partial charge is 0.352 e. The van der Waals surface area contributed by atoms with Gasteiger partial charge in [-0.15, -0.1) is 0 Å². The topological polar surface area (TPSA) is 73.5 Å². The summed E-state index contributed by atoms with van der Waals surface area (Å²) in [5.41, 5.74) is 2.22. The van der Waals surface area contributed by atoms with E-state index in [-0.39, 0.29) is 23.9 Å². The van der Waals surface area contributed by atoms with Crippen molar-refractivity contribution in [1.82, 2.24) is 20.9 Å². The third kappa shape index (κ3) is 6.82. The van der Waals surface area contributed by atoms with Crippen LogP contribution in [0.4, 0.5) is 4.79 Å². The van der Waals surface area contributed by atoms with Crippen molar-refractivity contribution in [2.75, 3.05) is 19.6 Å². The summed E-state index contributed by atoms with van der Waals surface area (Å²) in [4.78, 5) is 27.8. The lowest BCUT2D eigenvalue weighted by Crippen LogP contribution is -2.53. The van der Waals surface area contributed by atoms with E-state index in [0.717, 1.165) is 18.7 Å². The van der Waals surface area contributed by atoms with Crippen LogP contribution < -0.4 is 16.0 Å². The second-order valence-corrected chi connectivity index (χ2v) is 8.45. The maximum atomic E-state index is 13.0. The summed E-state index contributed by atoms with van der Waals surface area (Å²) in [5.74, 6) is -0.172. The van der Waals surface area contributed by atoms with Crippen molar-refractivity contribution in [3.63, 3.8) is 0 Å². The maximum absolute atomic E-state index is 13.0. The van der Waals surface area contributed by atoms with Gasteiger partial charge < -0.3 is 16.0 Å². The third-order valence-electron chi connectivity index (χ3n) is 5.77. The average Bonchev–Trinajstić information content (AvgIpc) is 3.32. The highest BCUT2D eigenvalue weighted by Crippen LogP contribution is 2.24. The van der Waals surface area contributed by atoms with Crippen molar-refractivity contribution < 1.29 is 9.59 Å². The summed E-state index contributed by atoms with van der Waals surface area (Å²) in [5, 5.41) is 8.78. The lowest BCUT2D eigenvalue weighted by molar-refractivity contribution is -0.124. The molecule has 1 aliphatic heterocycles. The molecule has 2 aromatic rings. The molecule has 0 radical (unpaired) electrons. The second-order valence-electron chi connectivity index (χ2n) is 8.45. The molecule has 6 nitrogen and oxygen atoms in total. The number of hydrogen-bond donors (Lipinski definition) is 3. The molecule has 31 heavy (non-hydrogen) atoms. The zero-order valence-corrected chi connectivity index (χ0v) is 18.5. The number of rotatable bonds is 9. The van der Waals surface area contributed by atoms with Gasteiger partial charge in [0.05, 0.1) is 6.04 Å². The van der Waals surface area contributed by atoms with Crippen molar-refractivity contribution in [3.05, 3.63) is 71.8 Å². The number of amides is 3. The Morgan fingerprint density at radius 2 is 1.52 bits per heavy atom. The van der Waals surface area contributed by atoms with E-state index in [1.807, 2.05) is 62.4 Å². The summed E-state index contributed by atoms with van der Waals surface area (Å²) in [6.07, 6.45) is 2.38. The predicted molar refractivity (Wildman–Crippen MR) is 123 cm³/mol. The van der Waals surface area contributed by atoms with Crippen LogP contribution in [0.1, 0.15) is 43.9 Å². The fourth-order valence-electron chi connectivity index (χ4n) is 4.00. The van der Waals surface area contributed by atoms with E-state index in [2.05, 4.69) is 33.0 Å². The lowest BCUT2D eigenvalue weighted by Gasteiger charge is -2.29. The fraction of sp³-hybridized carbons (Fsp3) is 0.440. The molecule has 6 heteroatoms. The highest BCUT2D eigenvalue weighted by atomic mass is 16.2. The quantitative estimate of drug-likeness (QED) is 0.579. The molecular weight excluding hydrogens is 388 g/mol. The number of nitrogens with one attached hydrogen (secondary N) is 3. The van der Waals surface area contributed by atoms with Crippen LogP contribution in [0.3, 0.4) is 0 Å². The van der Waals surface area contributed by atoms with E-state index in [0.29, 0.717) is 13.1 Å². The Balaban J connectivity index is 1.56. The molecule has 0 saturated carbocycles. The van der Waals surface area contributed by atoms with Crippen LogP contribution in [0, 0.1) is 5.92 Å². The number of urea groups is 1. The Morgan fingerprint density at radius 3 is 2.13 bits per heavy atom. The first-order valence-electron chi connectivity index (χ1n) is 11.2. The lowest BCUT2D eigenvalue weighted by atomic mass is 10.0. The Labute approximate surface area is 185 Å². The van der Waals surface area contributed by atoms with Gasteiger partial charge in [0.15, 0.2) is 0 Å². The first-order valence-corrected chi connectivity index (χ1v) is 11.2. The Bertz CT molecular complexity index is 820. The molecule has 2 atom stereocenters. The van der Waals surface area contributed by atoms with Gasteiger partial charge in [0, 0.05) is 13.1 Å². The van der Waals surface area contributed by atoms with Gasteiger partial charge in [-0.1, -0.05) is 74.5 Å². The van der Waals surface area contributed by atoms with Crippen LogP contribution in [-0.4, -0.2) is 42.5 Å². The highest BCUT2D eigenvalue weighted by Gasteiger charge is 2.27. The monoisotopic (exact) mass is 422 g/mol. The van der Waals surface area contributed by atoms with Gasteiger partial charge in [0.2, 0.25) is 5.91 Å². The summed E-state index contributed by atoms with van der Waals surface area (Å²) in [7, 11) is 0. The van der Waals surface area contributed by atoms with Gasteiger partial charge in [0.25, 0.3) is 0 Å². The number of carbonyl (C=O) groups excluding carboxylic acids is 2. The first-order chi connectivity index (χ1) is 15.0. The molecule has 3 rings (SSSR count). The van der Waals surface area contributed by atoms with Crippen molar-refractivity contribution in [2.45, 2.75) is 45.3 Å². The summed E-state index contributed by atoms with van der Waals surface area (Å²) in [6, 6.07) is 19.2. The average molecular weight is 423 g/mol. The molecule has 1 saturated heterocycles. The summed E-state index contributed by atoms with van der Waals surface area (Å²) >= 11 is 0. The molecule has 2 aromatic carbocycles. The van der Waals surface area contributed by atoms with Crippen LogP contribution in [0.25, 0.3) is 0 Å². The minimum absolute atomic E-state index is 0.0237. The van der Waals surface area contributed by atoms with Crippen LogP contribution in [0.15, 0.2) is 60.7 Å². The van der Waals surface area contributed by atoms with E-state index in [1.54, 1.807) is 0 Å². The fourth-order valence-corrected chi connectivity index (χ4v) is 4.00. The van der Waals surface area contributed by atoms with Crippen molar-refractivity contribution >= 4 is 11.9 Å². The van der Waals surface area contributed by atoms with Crippen molar-refractivity contribution in [1.29, 1.82) is 0 Å². The zero-order chi connectivity index (χ0) is 22.1. The summed E-state index contributed by atoms with van der Waals surface area (Å²) < 4.78 is 0. The van der Waals surface area contributed by atoms with Crippen LogP contribution in [0.5, 0.6) is 0 Å². The Morgan fingerprint density at radius 1 is 0.903 bits per heavy atom. The highest BCUT2D eigenvalue weighted by molar-refractivity contribution is 5.87. The van der Waals surface area contributed by atoms with Gasteiger partial charge >= 0.3 is 6.03 Å². The molecule has 3 amide bonds. The van der Waals surface area contributed by atoms with Crippen LogP contribution in [-0.2, 0) is 11.3 Å². The van der Waals surface area contributed by atoms with Gasteiger partial charge in [-0.2, -0.15) is 0 Å². The minimum Gasteiger partial charge on any atom is -0.352 e. The standard InChI is InChI=1S/C25H34N4O2/c1-19(2)23(28-25(31)27-17-20-11-5-3-6-12-20)24(30)26-18-22(29-15-9-10-16-29)21-13-7-4-8-14-21/h3-8,11-14,19,22-23H,9-10,15-18H2,1-2H3,(H,26,30)(H2,27,28,31). The van der Waals surface area contributed by atoms with Gasteiger partial charge in [0.1, 0.15) is 6.04 Å². The van der Waals surface area contributed by atoms with Gasteiger partial charge in [-0.05, 0) is 43.0 Å². The Hall–Kier alpha value is -2.86.